The third-order valence-corrected chi connectivity index (χ3v) is 16.6. The van der Waals surface area contributed by atoms with Crippen LogP contribution >= 0.6 is 22.7 Å². The van der Waals surface area contributed by atoms with Crippen LogP contribution in [0.5, 0.6) is 0 Å². The van der Waals surface area contributed by atoms with Crippen LogP contribution in [-0.2, 0) is 0 Å². The molecule has 11 aromatic carbocycles. The molecule has 324 valence electrons. The van der Waals surface area contributed by atoms with Crippen LogP contribution in [0.25, 0.3) is 156 Å². The van der Waals surface area contributed by atoms with Gasteiger partial charge in [-0.3, -0.25) is 0 Å². The average molecular weight is 927 g/mol. The largest absolute Gasteiger partial charge is 0.455 e. The molecule has 0 amide bonds. The van der Waals surface area contributed by atoms with E-state index in [9.17, 15) is 0 Å². The maximum Gasteiger partial charge on any atom is 0.167 e. The molecule has 7 heteroatoms. The first-order valence-corrected chi connectivity index (χ1v) is 25.1. The molecule has 0 atom stereocenters. The summed E-state index contributed by atoms with van der Waals surface area (Å²) in [6.45, 7) is 0. The lowest BCUT2D eigenvalue weighted by molar-refractivity contribution is 0.669. The Morgan fingerprint density at radius 3 is 1.41 bits per heavy atom. The second-order valence-corrected chi connectivity index (χ2v) is 20.5. The van der Waals surface area contributed by atoms with E-state index in [4.69, 9.17) is 19.4 Å². The van der Waals surface area contributed by atoms with Crippen LogP contribution in [0.15, 0.2) is 211 Å². The van der Waals surface area contributed by atoms with Gasteiger partial charge < -0.3 is 8.98 Å². The molecular weight excluding hydrogens is 893 g/mol. The standard InChI is InChI=1S/C63H34N4OS2/c1-3-14-38-29-52-48(27-36(38)12-1)49-28-37-13-2-4-15-39(37)30-53(49)67(52)42-33-50-59-43-16-6-5-11-35(43)23-26-54(59)68-60(50)51(34-42)63-65-61(40-21-24-46-44-17-7-9-19-55(44)69-57(46)31-40)64-62(66-63)41-22-25-47-45-18-8-10-20-56(45)70-58(47)32-41/h1-34H. The van der Waals surface area contributed by atoms with Gasteiger partial charge in [-0.05, 0) is 99.0 Å². The molecule has 16 rings (SSSR count). The summed E-state index contributed by atoms with van der Waals surface area (Å²) in [5.41, 5.74) is 7.42. The minimum atomic E-state index is 0.541. The van der Waals surface area contributed by atoms with Gasteiger partial charge in [-0.25, -0.2) is 15.0 Å². The molecule has 0 fully saturated rings. The fourth-order valence-corrected chi connectivity index (χ4v) is 13.4. The summed E-state index contributed by atoms with van der Waals surface area (Å²) in [4.78, 5) is 16.3. The second-order valence-electron chi connectivity index (χ2n) is 18.3. The van der Waals surface area contributed by atoms with Crippen LogP contribution in [0.2, 0.25) is 0 Å². The van der Waals surface area contributed by atoms with Gasteiger partial charge in [0.25, 0.3) is 0 Å². The number of hydrogen-bond donors (Lipinski definition) is 0. The maximum absolute atomic E-state index is 7.08. The van der Waals surface area contributed by atoms with Crippen molar-refractivity contribution in [3.8, 4) is 39.9 Å². The van der Waals surface area contributed by atoms with E-state index in [0.29, 0.717) is 17.5 Å². The Labute approximate surface area is 406 Å². The van der Waals surface area contributed by atoms with Crippen LogP contribution in [0.1, 0.15) is 0 Å². The van der Waals surface area contributed by atoms with Crippen molar-refractivity contribution >= 4 is 139 Å². The summed E-state index contributed by atoms with van der Waals surface area (Å²) in [6.07, 6.45) is 0. The minimum absolute atomic E-state index is 0.541. The summed E-state index contributed by atoms with van der Waals surface area (Å²) >= 11 is 3.59. The average Bonchev–Trinajstić information content (AvgIpc) is 4.17. The second kappa shape index (κ2) is 14.4. The zero-order chi connectivity index (χ0) is 45.6. The van der Waals surface area contributed by atoms with Crippen molar-refractivity contribution in [1.82, 2.24) is 19.5 Å². The highest BCUT2D eigenvalue weighted by Crippen LogP contribution is 2.45. The summed E-state index contributed by atoms with van der Waals surface area (Å²) in [5, 5.41) is 16.5. The molecule has 0 saturated carbocycles. The van der Waals surface area contributed by atoms with Gasteiger partial charge in [0.1, 0.15) is 11.2 Å². The van der Waals surface area contributed by atoms with E-state index in [1.165, 1.54) is 72.7 Å². The molecular formula is C63H34N4OS2. The number of thiophene rings is 2. The number of nitrogens with zero attached hydrogens (tertiary/aromatic N) is 4. The van der Waals surface area contributed by atoms with Crippen LogP contribution in [0.4, 0.5) is 0 Å². The van der Waals surface area contributed by atoms with Crippen molar-refractivity contribution in [3.63, 3.8) is 0 Å². The molecule has 5 nitrogen and oxygen atoms in total. The van der Waals surface area contributed by atoms with Crippen molar-refractivity contribution in [3.05, 3.63) is 206 Å². The number of aromatic nitrogens is 4. The van der Waals surface area contributed by atoms with Crippen molar-refractivity contribution in [2.45, 2.75) is 0 Å². The van der Waals surface area contributed by atoms with Crippen molar-refractivity contribution < 1.29 is 4.42 Å². The molecule has 70 heavy (non-hydrogen) atoms. The van der Waals surface area contributed by atoms with E-state index in [2.05, 4.69) is 211 Å². The Morgan fingerprint density at radius 2 is 0.829 bits per heavy atom. The molecule has 0 aliphatic heterocycles. The number of rotatable bonds is 4. The Morgan fingerprint density at radius 1 is 0.343 bits per heavy atom. The highest BCUT2D eigenvalue weighted by atomic mass is 32.1. The minimum Gasteiger partial charge on any atom is -0.455 e. The van der Waals surface area contributed by atoms with Gasteiger partial charge in [0.05, 0.1) is 16.6 Å². The first kappa shape index (κ1) is 38.2. The SMILES string of the molecule is c1ccc2cc3c(cc2c1)c1cc2ccccc2cc1n3-c1cc(-c2nc(-c3ccc4c(c3)sc3ccccc34)nc(-c3ccc4c(c3)sc3ccccc34)n2)c2oc3ccc4ccccc4c3c2c1. The van der Waals surface area contributed by atoms with E-state index in [-0.39, 0.29) is 0 Å². The van der Waals surface area contributed by atoms with Crippen LogP contribution in [0, 0.1) is 0 Å². The quantitative estimate of drug-likeness (QED) is 0.176. The van der Waals surface area contributed by atoms with E-state index >= 15 is 0 Å². The topological polar surface area (TPSA) is 56.7 Å². The molecule has 5 heterocycles. The summed E-state index contributed by atoms with van der Waals surface area (Å²) in [6, 6.07) is 74.5. The van der Waals surface area contributed by atoms with Crippen molar-refractivity contribution in [2.24, 2.45) is 0 Å². The van der Waals surface area contributed by atoms with Gasteiger partial charge in [0.15, 0.2) is 17.5 Å². The van der Waals surface area contributed by atoms with Crippen molar-refractivity contribution in [2.75, 3.05) is 0 Å². The molecule has 16 aromatic rings. The van der Waals surface area contributed by atoms with Gasteiger partial charge >= 0.3 is 0 Å². The molecule has 5 aromatic heterocycles. The zero-order valence-electron chi connectivity index (χ0n) is 37.1. The summed E-state index contributed by atoms with van der Waals surface area (Å²) < 4.78 is 14.4. The smallest absolute Gasteiger partial charge is 0.167 e. The Kier molecular flexibility index (Phi) is 7.86. The summed E-state index contributed by atoms with van der Waals surface area (Å²) in [7, 11) is 0. The van der Waals surface area contributed by atoms with E-state index in [1.807, 2.05) is 0 Å². The summed E-state index contributed by atoms with van der Waals surface area (Å²) in [5.74, 6) is 1.75. The fourth-order valence-electron chi connectivity index (χ4n) is 11.1. The molecule has 0 spiro atoms. The molecule has 0 unspecified atom stereocenters. The van der Waals surface area contributed by atoms with Crippen LogP contribution in [0.3, 0.4) is 0 Å². The molecule has 0 saturated heterocycles. The predicted octanol–water partition coefficient (Wildman–Crippen LogP) is 18.1. The monoisotopic (exact) mass is 926 g/mol. The fraction of sp³-hybridized carbons (Fsp3) is 0. The van der Waals surface area contributed by atoms with E-state index < -0.39 is 0 Å². The molecule has 0 bridgehead atoms. The van der Waals surface area contributed by atoms with Crippen LogP contribution < -0.4 is 0 Å². The highest BCUT2D eigenvalue weighted by molar-refractivity contribution is 7.26. The Hall–Kier alpha value is -8.75. The van der Waals surface area contributed by atoms with E-state index in [0.717, 1.165) is 66.1 Å². The Balaban J connectivity index is 1.02. The van der Waals surface area contributed by atoms with E-state index in [1.54, 1.807) is 22.7 Å². The third kappa shape index (κ3) is 5.61. The van der Waals surface area contributed by atoms with Gasteiger partial charge in [-0.2, -0.15) is 0 Å². The van der Waals surface area contributed by atoms with Crippen molar-refractivity contribution in [1.29, 1.82) is 0 Å². The van der Waals surface area contributed by atoms with Crippen LogP contribution in [-0.4, -0.2) is 19.5 Å². The highest BCUT2D eigenvalue weighted by Gasteiger charge is 2.24. The van der Waals surface area contributed by atoms with Gasteiger partial charge in [-0.15, -0.1) is 22.7 Å². The lowest BCUT2D eigenvalue weighted by Crippen LogP contribution is -2.01. The predicted molar refractivity (Wildman–Crippen MR) is 296 cm³/mol. The lowest BCUT2D eigenvalue weighted by atomic mass is 10.0. The number of fused-ring (bicyclic) bond motifs is 16. The van der Waals surface area contributed by atoms with Gasteiger partial charge in [0.2, 0.25) is 0 Å². The first-order valence-electron chi connectivity index (χ1n) is 23.5. The number of furan rings is 1. The number of benzene rings is 11. The molecule has 0 N–H and O–H groups in total. The Bertz CT molecular complexity index is 4690. The number of hydrogen-bond acceptors (Lipinski definition) is 6. The molecule has 0 aliphatic rings. The van der Waals surface area contributed by atoms with Gasteiger partial charge in [0, 0.05) is 78.7 Å². The van der Waals surface area contributed by atoms with Gasteiger partial charge in [-0.1, -0.05) is 140 Å². The lowest BCUT2D eigenvalue weighted by Gasteiger charge is -2.13. The normalized spacial score (nSPS) is 12.3. The third-order valence-electron chi connectivity index (χ3n) is 14.4. The maximum atomic E-state index is 7.08. The zero-order valence-corrected chi connectivity index (χ0v) is 38.8. The molecule has 0 radical (unpaired) electrons. The first-order chi connectivity index (χ1) is 34.6. The molecule has 0 aliphatic carbocycles.